The lowest BCUT2D eigenvalue weighted by molar-refractivity contribution is -0.888. The van der Waals surface area contributed by atoms with Crippen molar-refractivity contribution in [3.8, 4) is 12.1 Å². The Morgan fingerprint density at radius 3 is 2.03 bits per heavy atom. The minimum Gasteiger partial charge on any atom is -0.456 e. The van der Waals surface area contributed by atoms with Crippen molar-refractivity contribution < 1.29 is 24.3 Å². The average Bonchev–Trinajstić information content (AvgIpc) is 4.04. The SMILES string of the molecule is CCC(C)(C)C1C=Cc2nc3sc(C(N)=O)cc3cc2C1.CCC(C)(C)C1CCc2c(cc3cc(C#N)sc3[n+]2O)C1.CCC(C)(C)C1Cc2cc3cc(C#N)sc3nc2C(OC(C)=O)C1. The quantitative estimate of drug-likeness (QED) is 0.0864. The first-order chi connectivity index (χ1) is 31.2. The van der Waals surface area contributed by atoms with Crippen LogP contribution in [0.3, 0.4) is 0 Å². The molecule has 3 N–H and O–H groups in total. The summed E-state index contributed by atoms with van der Waals surface area (Å²) in [6, 6.07) is 16.5. The van der Waals surface area contributed by atoms with Crippen molar-refractivity contribution in [1.29, 1.82) is 10.5 Å². The van der Waals surface area contributed by atoms with Gasteiger partial charge in [-0.15, -0.1) is 22.7 Å². The number of aromatic nitrogens is 3. The summed E-state index contributed by atoms with van der Waals surface area (Å²) in [6.07, 6.45) is 13.3. The van der Waals surface area contributed by atoms with Gasteiger partial charge in [-0.2, -0.15) is 10.5 Å². The molecule has 6 aromatic heterocycles. The number of amides is 1. The van der Waals surface area contributed by atoms with Crippen molar-refractivity contribution in [1.82, 2.24) is 9.97 Å². The average molecular weight is 944 g/mol. The summed E-state index contributed by atoms with van der Waals surface area (Å²) in [5, 5.41) is 31.6. The fourth-order valence-corrected chi connectivity index (χ4v) is 12.1. The van der Waals surface area contributed by atoms with Crippen molar-refractivity contribution in [3.05, 3.63) is 90.9 Å². The number of nitrogens with zero attached hydrogens (tertiary/aromatic N) is 5. The highest BCUT2D eigenvalue weighted by Gasteiger charge is 2.39. The molecule has 0 aromatic carbocycles. The number of hydrogen-bond acceptors (Lipinski definition) is 11. The molecule has 346 valence electrons. The predicted molar refractivity (Wildman–Crippen MR) is 267 cm³/mol. The lowest BCUT2D eigenvalue weighted by Gasteiger charge is -2.39. The number of hydrogen-bond donors (Lipinski definition) is 2. The van der Waals surface area contributed by atoms with Gasteiger partial charge in [0.2, 0.25) is 5.69 Å². The van der Waals surface area contributed by atoms with Crippen LogP contribution in [0.2, 0.25) is 0 Å². The van der Waals surface area contributed by atoms with E-state index >= 15 is 0 Å². The van der Waals surface area contributed by atoms with E-state index in [1.165, 1.54) is 63.2 Å². The summed E-state index contributed by atoms with van der Waals surface area (Å²) in [5.41, 5.74) is 12.7. The van der Waals surface area contributed by atoms with Gasteiger partial charge >= 0.3 is 10.8 Å². The minimum absolute atomic E-state index is 0.178. The van der Waals surface area contributed by atoms with Gasteiger partial charge in [0.05, 0.1) is 21.7 Å². The molecule has 3 aliphatic rings. The van der Waals surface area contributed by atoms with E-state index in [0.717, 1.165) is 105 Å². The molecule has 1 amide bonds. The van der Waals surface area contributed by atoms with Crippen molar-refractivity contribution in [2.45, 2.75) is 133 Å². The molecule has 0 bridgehead atoms. The van der Waals surface area contributed by atoms with E-state index in [4.69, 9.17) is 26.0 Å². The molecule has 9 rings (SSSR count). The van der Waals surface area contributed by atoms with Gasteiger partial charge in [0, 0.05) is 34.4 Å². The molecule has 0 fully saturated rings. The first-order valence-electron chi connectivity index (χ1n) is 23.2. The highest BCUT2D eigenvalue weighted by atomic mass is 32.1. The maximum absolute atomic E-state index is 11.6. The van der Waals surface area contributed by atoms with Crippen LogP contribution in [0.4, 0.5) is 0 Å². The molecule has 0 aliphatic heterocycles. The molecule has 0 radical (unpaired) electrons. The highest BCUT2D eigenvalue weighted by molar-refractivity contribution is 7.20. The summed E-state index contributed by atoms with van der Waals surface area (Å²) in [5.74, 6) is 0.973. The summed E-state index contributed by atoms with van der Waals surface area (Å²) in [6.45, 7) is 22.0. The van der Waals surface area contributed by atoms with Crippen LogP contribution in [-0.4, -0.2) is 27.1 Å². The van der Waals surface area contributed by atoms with Crippen LogP contribution in [0.1, 0.15) is 161 Å². The monoisotopic (exact) mass is 943 g/mol. The van der Waals surface area contributed by atoms with Gasteiger partial charge in [0.15, 0.2) is 0 Å². The Hall–Kier alpha value is -5.21. The number of carbonyl (C=O) groups excluding carboxylic acids is 2. The first-order valence-corrected chi connectivity index (χ1v) is 25.7. The number of pyridine rings is 3. The van der Waals surface area contributed by atoms with Gasteiger partial charge in [-0.3, -0.25) is 14.8 Å². The summed E-state index contributed by atoms with van der Waals surface area (Å²) < 4.78 is 6.93. The minimum atomic E-state index is -0.378. The van der Waals surface area contributed by atoms with Crippen LogP contribution < -0.4 is 10.5 Å². The summed E-state index contributed by atoms with van der Waals surface area (Å²) in [4.78, 5) is 36.7. The standard InChI is InChI=1S/C19H22N2O2S.C17H21N2OS.C17H20N2OS/c1-5-19(3,4)14-7-12-6-13-8-15(10-20)24-18(13)21-17(12)16(9-14)23-11(2)22;1-4-17(2,3)13-5-6-15-11(8-13)7-12-9-14(10-18)21-16(12)19(15)20;1-4-17(2,3)12-5-6-13-10(8-12)7-11-9-14(15(18)20)21-16(11)19-13/h6,8,14,16H,5,7,9H2,1-4H3;7,9,13,20H,4-6,8H2,1-3H3;5-7,9,12H,4,8H2,1-3H3,(H2,18,20)/q;+1;. The Balaban J connectivity index is 0.000000148. The third kappa shape index (κ3) is 10.0. The molecule has 6 aromatic rings. The molecule has 4 unspecified atom stereocenters. The largest absolute Gasteiger partial charge is 0.456 e. The molecule has 3 aliphatic carbocycles. The molecule has 4 atom stereocenters. The lowest BCUT2D eigenvalue weighted by Crippen LogP contribution is -2.40. The van der Waals surface area contributed by atoms with E-state index < -0.39 is 0 Å². The van der Waals surface area contributed by atoms with E-state index in [1.807, 2.05) is 18.2 Å². The number of thiophene rings is 3. The first kappa shape index (κ1) is 48.7. The zero-order valence-corrected chi connectivity index (χ0v) is 42.5. The Bertz CT molecular complexity index is 2940. The zero-order chi connectivity index (χ0) is 47.9. The second-order valence-corrected chi connectivity index (χ2v) is 23.4. The number of rotatable bonds is 8. The normalized spacial score (nSPS) is 19.0. The van der Waals surface area contributed by atoms with Gasteiger partial charge in [-0.1, -0.05) is 99.0 Å². The number of nitrogens with two attached hydrogens (primary N) is 1. The number of nitriles is 2. The molecule has 66 heavy (non-hydrogen) atoms. The molecular formula is C53H63N6O4S3+. The fourth-order valence-electron chi connectivity index (χ4n) is 9.53. The van der Waals surface area contributed by atoms with E-state index in [0.29, 0.717) is 37.8 Å². The van der Waals surface area contributed by atoms with Crippen LogP contribution in [0.5, 0.6) is 0 Å². The van der Waals surface area contributed by atoms with E-state index in [-0.39, 0.29) is 28.8 Å². The van der Waals surface area contributed by atoms with Gasteiger partial charge in [-0.25, -0.2) is 9.97 Å². The second-order valence-electron chi connectivity index (χ2n) is 20.3. The van der Waals surface area contributed by atoms with Crippen LogP contribution in [0, 0.1) is 56.7 Å². The van der Waals surface area contributed by atoms with Crippen LogP contribution >= 0.6 is 34.0 Å². The number of allylic oxidation sites excluding steroid dienone is 1. The molecular weight excluding hydrogens is 881 g/mol. The molecule has 0 saturated carbocycles. The summed E-state index contributed by atoms with van der Waals surface area (Å²) >= 11 is 4.12. The number of esters is 1. The van der Waals surface area contributed by atoms with E-state index in [1.54, 1.807) is 0 Å². The number of ether oxygens (including phenoxy) is 1. The topological polar surface area (TPSA) is 167 Å². The van der Waals surface area contributed by atoms with Crippen molar-refractivity contribution in [3.63, 3.8) is 0 Å². The maximum Gasteiger partial charge on any atom is 0.320 e. The number of fused-ring (bicyclic) bond motifs is 6. The zero-order valence-electron chi connectivity index (χ0n) is 40.0. The van der Waals surface area contributed by atoms with Crippen LogP contribution in [0.25, 0.3) is 36.7 Å². The Morgan fingerprint density at radius 2 is 1.38 bits per heavy atom. The van der Waals surface area contributed by atoms with E-state index in [9.17, 15) is 14.8 Å². The van der Waals surface area contributed by atoms with E-state index in [2.05, 4.69) is 110 Å². The van der Waals surface area contributed by atoms with Crippen molar-refractivity contribution in [2.75, 3.05) is 0 Å². The fraction of sp³-hybridized carbons (Fsp3) is 0.491. The molecule has 0 saturated heterocycles. The van der Waals surface area contributed by atoms with Gasteiger partial charge in [0.1, 0.15) is 37.7 Å². The van der Waals surface area contributed by atoms with Gasteiger partial charge in [0.25, 0.3) is 5.91 Å². The molecule has 0 spiro atoms. The maximum atomic E-state index is 11.6. The van der Waals surface area contributed by atoms with Gasteiger partial charge < -0.3 is 10.5 Å². The number of carbonyl (C=O) groups is 2. The smallest absolute Gasteiger partial charge is 0.320 e. The molecule has 6 heterocycles. The Labute approximate surface area is 401 Å². The lowest BCUT2D eigenvalue weighted by atomic mass is 9.68. The third-order valence-corrected chi connectivity index (χ3v) is 18.3. The molecule has 10 nitrogen and oxygen atoms in total. The van der Waals surface area contributed by atoms with Crippen LogP contribution in [-0.2, 0) is 35.2 Å². The van der Waals surface area contributed by atoms with Crippen LogP contribution in [0.15, 0.2) is 42.5 Å². The Morgan fingerprint density at radius 1 is 0.788 bits per heavy atom. The van der Waals surface area contributed by atoms with Crippen molar-refractivity contribution >= 4 is 82.6 Å². The summed E-state index contributed by atoms with van der Waals surface area (Å²) in [7, 11) is 0. The van der Waals surface area contributed by atoms with Gasteiger partial charge in [-0.05, 0) is 120 Å². The predicted octanol–water partition coefficient (Wildman–Crippen LogP) is 12.6. The third-order valence-electron chi connectivity index (χ3n) is 15.2. The molecule has 13 heteroatoms. The second kappa shape index (κ2) is 19.2. The number of primary amides is 1. The highest BCUT2D eigenvalue weighted by Crippen LogP contribution is 2.46. The van der Waals surface area contributed by atoms with Crippen molar-refractivity contribution in [2.24, 2.45) is 39.7 Å². The Kier molecular flexibility index (Phi) is 14.2.